The highest BCUT2D eigenvalue weighted by Gasteiger charge is 2.39. The summed E-state index contributed by atoms with van der Waals surface area (Å²) in [7, 11) is 0. The van der Waals surface area contributed by atoms with Gasteiger partial charge in [-0.25, -0.2) is 0 Å². The number of piperidine rings is 2. The van der Waals surface area contributed by atoms with E-state index in [-0.39, 0.29) is 0 Å². The number of esters is 2. The summed E-state index contributed by atoms with van der Waals surface area (Å²) >= 11 is 0. The van der Waals surface area contributed by atoms with E-state index in [9.17, 15) is 9.59 Å². The van der Waals surface area contributed by atoms with Crippen LogP contribution in [0.5, 0.6) is 0 Å². The van der Waals surface area contributed by atoms with Gasteiger partial charge in [0, 0.05) is 6.04 Å². The zero-order valence-electron chi connectivity index (χ0n) is 13.9. The highest BCUT2D eigenvalue weighted by Crippen LogP contribution is 2.35. The Morgan fingerprint density at radius 3 is 2.27 bits per heavy atom. The van der Waals surface area contributed by atoms with Gasteiger partial charge in [-0.2, -0.15) is 0 Å². The molecule has 5 nitrogen and oxygen atoms in total. The Kier molecular flexibility index (Phi) is 6.68. The van der Waals surface area contributed by atoms with Crippen LogP contribution >= 0.6 is 0 Å². The van der Waals surface area contributed by atoms with Gasteiger partial charge in [-0.05, 0) is 65.0 Å². The van der Waals surface area contributed by atoms with E-state index in [1.807, 2.05) is 0 Å². The van der Waals surface area contributed by atoms with Crippen LogP contribution in [0.1, 0.15) is 52.4 Å². The van der Waals surface area contributed by atoms with Crippen LogP contribution in [0, 0.1) is 11.8 Å². The molecule has 0 saturated carbocycles. The van der Waals surface area contributed by atoms with E-state index in [2.05, 4.69) is 4.90 Å². The standard InChI is InChI=1S/C17H29NO4/c1-3-21-16(19)14(17(20)22-4-2)12-13-8-7-11-18-10-6-5-9-15(13)18/h13-15H,3-12H2,1-2H3/t13-,15+/m0/s1. The summed E-state index contributed by atoms with van der Waals surface area (Å²) in [6.07, 6.45) is 6.52. The second kappa shape index (κ2) is 8.51. The molecule has 0 amide bonds. The molecule has 0 aliphatic carbocycles. The number of nitrogens with zero attached hydrogens (tertiary/aromatic N) is 1. The van der Waals surface area contributed by atoms with E-state index < -0.39 is 17.9 Å². The van der Waals surface area contributed by atoms with E-state index in [0.717, 1.165) is 25.9 Å². The molecule has 5 heteroatoms. The minimum absolute atomic E-state index is 0.301. The van der Waals surface area contributed by atoms with Gasteiger partial charge in [-0.3, -0.25) is 9.59 Å². The van der Waals surface area contributed by atoms with Crippen LogP contribution in [0.25, 0.3) is 0 Å². The lowest BCUT2D eigenvalue weighted by Crippen LogP contribution is -2.49. The second-order valence-electron chi connectivity index (χ2n) is 6.29. The second-order valence-corrected chi connectivity index (χ2v) is 6.29. The summed E-state index contributed by atoms with van der Waals surface area (Å²) in [5.74, 6) is -1.21. The molecule has 0 aromatic rings. The molecular formula is C17H29NO4. The van der Waals surface area contributed by atoms with Crippen molar-refractivity contribution in [1.82, 2.24) is 4.90 Å². The molecule has 22 heavy (non-hydrogen) atoms. The predicted octanol–water partition coefficient (Wildman–Crippen LogP) is 2.38. The first kappa shape index (κ1) is 17.3. The summed E-state index contributed by atoms with van der Waals surface area (Å²) in [5.41, 5.74) is 0. The minimum atomic E-state index is -0.758. The van der Waals surface area contributed by atoms with Crippen molar-refractivity contribution in [2.24, 2.45) is 11.8 Å². The third kappa shape index (κ3) is 4.22. The van der Waals surface area contributed by atoms with Crippen LogP contribution in [0.3, 0.4) is 0 Å². The molecule has 126 valence electrons. The largest absolute Gasteiger partial charge is 0.465 e. The fraction of sp³-hybridized carbons (Fsp3) is 0.882. The lowest BCUT2D eigenvalue weighted by atomic mass is 9.78. The van der Waals surface area contributed by atoms with Gasteiger partial charge in [0.05, 0.1) is 13.2 Å². The van der Waals surface area contributed by atoms with Gasteiger partial charge in [0.25, 0.3) is 0 Å². The Hall–Kier alpha value is -1.10. The zero-order valence-corrected chi connectivity index (χ0v) is 13.9. The lowest BCUT2D eigenvalue weighted by molar-refractivity contribution is -0.163. The van der Waals surface area contributed by atoms with E-state index in [4.69, 9.17) is 9.47 Å². The Bertz CT molecular complexity index is 365. The van der Waals surface area contributed by atoms with E-state index in [1.165, 1.54) is 19.3 Å². The van der Waals surface area contributed by atoms with Gasteiger partial charge >= 0.3 is 11.9 Å². The van der Waals surface area contributed by atoms with Gasteiger partial charge in [0.15, 0.2) is 5.92 Å². The molecule has 0 unspecified atom stereocenters. The van der Waals surface area contributed by atoms with Crippen LogP contribution in [0.15, 0.2) is 0 Å². The van der Waals surface area contributed by atoms with Crippen LogP contribution in [0.2, 0.25) is 0 Å². The Labute approximate surface area is 133 Å². The first-order chi connectivity index (χ1) is 10.7. The summed E-state index contributed by atoms with van der Waals surface area (Å²) in [6, 6.07) is 0.522. The third-order valence-electron chi connectivity index (χ3n) is 4.91. The van der Waals surface area contributed by atoms with Crippen molar-refractivity contribution in [1.29, 1.82) is 0 Å². The first-order valence-corrected chi connectivity index (χ1v) is 8.74. The Morgan fingerprint density at radius 2 is 1.64 bits per heavy atom. The predicted molar refractivity (Wildman–Crippen MR) is 83.3 cm³/mol. The fourth-order valence-electron chi connectivity index (χ4n) is 3.93. The first-order valence-electron chi connectivity index (χ1n) is 8.74. The third-order valence-corrected chi connectivity index (χ3v) is 4.91. The van der Waals surface area contributed by atoms with Crippen LogP contribution in [-0.4, -0.2) is 49.2 Å². The topological polar surface area (TPSA) is 55.8 Å². The minimum Gasteiger partial charge on any atom is -0.465 e. The average Bonchev–Trinajstić information content (AvgIpc) is 2.53. The molecule has 2 atom stereocenters. The molecule has 0 radical (unpaired) electrons. The Balaban J connectivity index is 2.04. The zero-order chi connectivity index (χ0) is 15.9. The SMILES string of the molecule is CCOC(=O)C(C[C@@H]1CCCN2CCCC[C@H]12)C(=O)OCC. The number of carbonyl (C=O) groups excluding carboxylic acids is 2. The number of rotatable bonds is 6. The summed E-state index contributed by atoms with van der Waals surface area (Å²) in [6.45, 7) is 6.45. The smallest absolute Gasteiger partial charge is 0.320 e. The maximum absolute atomic E-state index is 12.2. The maximum Gasteiger partial charge on any atom is 0.320 e. The monoisotopic (exact) mass is 311 g/mol. The van der Waals surface area contributed by atoms with Crippen molar-refractivity contribution in [3.8, 4) is 0 Å². The molecule has 0 spiro atoms. The highest BCUT2D eigenvalue weighted by atomic mass is 16.6. The van der Waals surface area contributed by atoms with Gasteiger partial charge in [0.1, 0.15) is 0 Å². The Morgan fingerprint density at radius 1 is 1.00 bits per heavy atom. The van der Waals surface area contributed by atoms with Crippen LogP contribution in [-0.2, 0) is 19.1 Å². The maximum atomic E-state index is 12.2. The molecule has 2 rings (SSSR count). The average molecular weight is 311 g/mol. The van der Waals surface area contributed by atoms with Crippen molar-refractivity contribution in [3.63, 3.8) is 0 Å². The molecule has 0 aromatic carbocycles. The van der Waals surface area contributed by atoms with Gasteiger partial charge in [-0.15, -0.1) is 0 Å². The number of fused-ring (bicyclic) bond motifs is 1. The number of hydrogen-bond donors (Lipinski definition) is 0. The highest BCUT2D eigenvalue weighted by molar-refractivity contribution is 5.94. The van der Waals surface area contributed by atoms with Gasteiger partial charge in [-0.1, -0.05) is 6.42 Å². The molecule has 0 bridgehead atoms. The quantitative estimate of drug-likeness (QED) is 0.557. The summed E-state index contributed by atoms with van der Waals surface area (Å²) in [5, 5.41) is 0. The fourth-order valence-corrected chi connectivity index (χ4v) is 3.93. The molecule has 0 N–H and O–H groups in total. The molecule has 2 fully saturated rings. The van der Waals surface area contributed by atoms with E-state index >= 15 is 0 Å². The van der Waals surface area contributed by atoms with Crippen molar-refractivity contribution in [3.05, 3.63) is 0 Å². The van der Waals surface area contributed by atoms with Crippen molar-refractivity contribution < 1.29 is 19.1 Å². The van der Waals surface area contributed by atoms with Gasteiger partial charge < -0.3 is 14.4 Å². The molecule has 2 aliphatic rings. The van der Waals surface area contributed by atoms with E-state index in [0.29, 0.717) is 31.6 Å². The normalized spacial score (nSPS) is 25.6. The molecule has 2 heterocycles. The number of carbonyl (C=O) groups is 2. The number of hydrogen-bond acceptors (Lipinski definition) is 5. The molecule has 2 saturated heterocycles. The van der Waals surface area contributed by atoms with Crippen molar-refractivity contribution in [2.75, 3.05) is 26.3 Å². The summed E-state index contributed by atoms with van der Waals surface area (Å²) in [4.78, 5) is 26.9. The summed E-state index contributed by atoms with van der Waals surface area (Å²) < 4.78 is 10.2. The van der Waals surface area contributed by atoms with Crippen LogP contribution < -0.4 is 0 Å². The number of ether oxygens (including phenoxy) is 2. The lowest BCUT2D eigenvalue weighted by Gasteiger charge is -2.45. The van der Waals surface area contributed by atoms with Gasteiger partial charge in [0.2, 0.25) is 0 Å². The van der Waals surface area contributed by atoms with E-state index in [1.54, 1.807) is 13.8 Å². The van der Waals surface area contributed by atoms with Crippen LogP contribution in [0.4, 0.5) is 0 Å². The van der Waals surface area contributed by atoms with Crippen molar-refractivity contribution >= 4 is 11.9 Å². The van der Waals surface area contributed by atoms with Crippen molar-refractivity contribution in [2.45, 2.75) is 58.4 Å². The molecular weight excluding hydrogens is 282 g/mol. The molecule has 2 aliphatic heterocycles. The molecule has 0 aromatic heterocycles.